The third-order valence-electron chi connectivity index (χ3n) is 4.38. The first kappa shape index (κ1) is 21.4. The summed E-state index contributed by atoms with van der Waals surface area (Å²) in [4.78, 5) is 16.2. The highest BCUT2D eigenvalue weighted by molar-refractivity contribution is 5.90. The first-order valence-corrected chi connectivity index (χ1v) is 9.24. The molecule has 1 aromatic carbocycles. The Balaban J connectivity index is 1.66. The van der Waals surface area contributed by atoms with Crippen LogP contribution in [0.15, 0.2) is 42.6 Å². The van der Waals surface area contributed by atoms with Gasteiger partial charge >= 0.3 is 6.18 Å². The number of pyridine rings is 1. The van der Waals surface area contributed by atoms with Crippen LogP contribution in [0.1, 0.15) is 28.8 Å². The van der Waals surface area contributed by atoms with Crippen LogP contribution < -0.4 is 10.1 Å². The number of aryl methyl sites for hydroxylation is 3. The molecule has 3 rings (SSSR count). The molecular weight excluding hydrogens is 397 g/mol. The van der Waals surface area contributed by atoms with E-state index < -0.39 is 11.7 Å². The number of nitrogens with zero attached hydrogens (tertiary/aromatic N) is 3. The number of rotatable bonds is 6. The number of carbonyl (C=O) groups is 1. The first-order chi connectivity index (χ1) is 14.1. The molecule has 0 radical (unpaired) electrons. The Hall–Kier alpha value is -3.36. The highest BCUT2D eigenvalue weighted by Gasteiger charge is 2.30. The molecule has 0 spiro atoms. The van der Waals surface area contributed by atoms with E-state index in [-0.39, 0.29) is 24.8 Å². The summed E-state index contributed by atoms with van der Waals surface area (Å²) in [6.07, 6.45) is -3.65. The fourth-order valence-corrected chi connectivity index (χ4v) is 2.92. The lowest BCUT2D eigenvalue weighted by atomic mass is 10.1. The van der Waals surface area contributed by atoms with Crippen molar-refractivity contribution in [1.29, 1.82) is 0 Å². The van der Waals surface area contributed by atoms with E-state index in [0.717, 1.165) is 29.1 Å². The number of nitrogens with one attached hydrogen (secondary N) is 1. The predicted octanol–water partition coefficient (Wildman–Crippen LogP) is 4.62. The summed E-state index contributed by atoms with van der Waals surface area (Å²) < 4.78 is 45.2. The molecule has 158 valence electrons. The predicted molar refractivity (Wildman–Crippen MR) is 106 cm³/mol. The second kappa shape index (κ2) is 8.56. The summed E-state index contributed by atoms with van der Waals surface area (Å²) in [7, 11) is 0. The zero-order valence-corrected chi connectivity index (χ0v) is 16.7. The number of amides is 1. The second-order valence-corrected chi connectivity index (χ2v) is 6.85. The Bertz CT molecular complexity index is 1020. The number of hydrogen-bond acceptors (Lipinski definition) is 4. The number of carbonyl (C=O) groups excluding carboxylic acids is 1. The van der Waals surface area contributed by atoms with Crippen LogP contribution in [-0.4, -0.2) is 27.3 Å². The maximum atomic E-state index is 12.7. The van der Waals surface area contributed by atoms with E-state index in [4.69, 9.17) is 4.74 Å². The number of benzene rings is 1. The van der Waals surface area contributed by atoms with Gasteiger partial charge in [-0.05, 0) is 44.0 Å². The van der Waals surface area contributed by atoms with Crippen LogP contribution in [0.3, 0.4) is 0 Å². The lowest BCUT2D eigenvalue weighted by Crippen LogP contribution is -2.18. The zero-order valence-electron chi connectivity index (χ0n) is 16.7. The Morgan fingerprint density at radius 3 is 2.43 bits per heavy atom. The van der Waals surface area contributed by atoms with Crippen LogP contribution in [0.5, 0.6) is 5.75 Å². The number of halogens is 3. The fraction of sp³-hybridized carbons (Fsp3) is 0.286. The molecular formula is C21H21F3N4O2. The van der Waals surface area contributed by atoms with Gasteiger partial charge in [0.05, 0.1) is 24.3 Å². The minimum Gasteiger partial charge on any atom is -0.493 e. The Morgan fingerprint density at radius 2 is 1.83 bits per heavy atom. The van der Waals surface area contributed by atoms with Gasteiger partial charge in [-0.25, -0.2) is 4.98 Å². The molecule has 0 saturated carbocycles. The number of aromatic nitrogens is 3. The SMILES string of the molecule is Cc1cc(NC(=O)CCOc2c(C)cccc2C)n(-c2ccc(C(F)(F)F)cn2)n1. The lowest BCUT2D eigenvalue weighted by Gasteiger charge is -2.12. The molecule has 1 N–H and O–H groups in total. The van der Waals surface area contributed by atoms with Gasteiger partial charge in [0.15, 0.2) is 5.82 Å². The van der Waals surface area contributed by atoms with E-state index in [2.05, 4.69) is 15.4 Å². The van der Waals surface area contributed by atoms with Gasteiger partial charge in [0.2, 0.25) is 5.91 Å². The molecule has 0 saturated heterocycles. The van der Waals surface area contributed by atoms with Gasteiger partial charge in [0.25, 0.3) is 0 Å². The molecule has 0 aliphatic rings. The molecule has 0 aliphatic carbocycles. The van der Waals surface area contributed by atoms with Crippen molar-refractivity contribution in [2.24, 2.45) is 0 Å². The summed E-state index contributed by atoms with van der Waals surface area (Å²) in [5, 5.41) is 6.91. The van der Waals surface area contributed by atoms with E-state index in [1.54, 1.807) is 13.0 Å². The molecule has 9 heteroatoms. The molecule has 0 aliphatic heterocycles. The summed E-state index contributed by atoms with van der Waals surface area (Å²) >= 11 is 0. The molecule has 0 bridgehead atoms. The molecule has 0 fully saturated rings. The van der Waals surface area contributed by atoms with Crippen molar-refractivity contribution < 1.29 is 22.7 Å². The van der Waals surface area contributed by atoms with Crippen molar-refractivity contribution in [3.63, 3.8) is 0 Å². The molecule has 30 heavy (non-hydrogen) atoms. The van der Waals surface area contributed by atoms with Crippen molar-refractivity contribution in [2.75, 3.05) is 11.9 Å². The Labute approximate surface area is 171 Å². The largest absolute Gasteiger partial charge is 0.493 e. The molecule has 3 aromatic rings. The van der Waals surface area contributed by atoms with E-state index in [0.29, 0.717) is 11.5 Å². The van der Waals surface area contributed by atoms with E-state index in [1.807, 2.05) is 32.0 Å². The summed E-state index contributed by atoms with van der Waals surface area (Å²) in [6, 6.07) is 9.53. The average Bonchev–Trinajstić information content (AvgIpc) is 3.03. The molecule has 2 heterocycles. The number of hydrogen-bond donors (Lipinski definition) is 1. The number of anilines is 1. The Kier molecular flexibility index (Phi) is 6.09. The standard InChI is InChI=1S/C21H21F3N4O2/c1-13-5-4-6-14(2)20(13)30-10-9-19(29)26-18-11-15(3)27-28(18)17-8-7-16(12-25-17)21(22,23)24/h4-8,11-12H,9-10H2,1-3H3,(H,26,29). The van der Waals surface area contributed by atoms with Crippen molar-refractivity contribution in [1.82, 2.24) is 14.8 Å². The minimum atomic E-state index is -4.47. The maximum absolute atomic E-state index is 12.7. The third-order valence-corrected chi connectivity index (χ3v) is 4.38. The topological polar surface area (TPSA) is 69.0 Å². The molecule has 0 unspecified atom stereocenters. The molecule has 2 aromatic heterocycles. The summed E-state index contributed by atoms with van der Waals surface area (Å²) in [5.41, 5.74) is 1.69. The smallest absolute Gasteiger partial charge is 0.417 e. The van der Waals surface area contributed by atoms with Gasteiger partial charge < -0.3 is 10.1 Å². The highest BCUT2D eigenvalue weighted by Crippen LogP contribution is 2.29. The van der Waals surface area contributed by atoms with Gasteiger partial charge in [-0.2, -0.15) is 23.0 Å². The Morgan fingerprint density at radius 1 is 1.13 bits per heavy atom. The van der Waals surface area contributed by atoms with Gasteiger partial charge in [0, 0.05) is 12.3 Å². The molecule has 6 nitrogen and oxygen atoms in total. The van der Waals surface area contributed by atoms with Gasteiger partial charge in [0.1, 0.15) is 11.6 Å². The number of alkyl halides is 3. The van der Waals surface area contributed by atoms with E-state index >= 15 is 0 Å². The van der Waals surface area contributed by atoms with Crippen molar-refractivity contribution in [3.8, 4) is 11.6 Å². The van der Waals surface area contributed by atoms with Crippen LogP contribution in [0, 0.1) is 20.8 Å². The number of para-hydroxylation sites is 1. The minimum absolute atomic E-state index is 0.0957. The quantitative estimate of drug-likeness (QED) is 0.634. The second-order valence-electron chi connectivity index (χ2n) is 6.85. The lowest BCUT2D eigenvalue weighted by molar-refractivity contribution is -0.137. The van der Waals surface area contributed by atoms with Gasteiger partial charge in [-0.15, -0.1) is 0 Å². The first-order valence-electron chi connectivity index (χ1n) is 9.24. The van der Waals surface area contributed by atoms with Crippen LogP contribution in [0.25, 0.3) is 5.82 Å². The number of ether oxygens (including phenoxy) is 1. The van der Waals surface area contributed by atoms with Crippen LogP contribution in [0.2, 0.25) is 0 Å². The maximum Gasteiger partial charge on any atom is 0.417 e. The van der Waals surface area contributed by atoms with Crippen molar-refractivity contribution in [2.45, 2.75) is 33.4 Å². The monoisotopic (exact) mass is 418 g/mol. The summed E-state index contributed by atoms with van der Waals surface area (Å²) in [6.45, 7) is 5.76. The average molecular weight is 418 g/mol. The van der Waals surface area contributed by atoms with Crippen LogP contribution >= 0.6 is 0 Å². The van der Waals surface area contributed by atoms with E-state index in [1.165, 1.54) is 10.7 Å². The van der Waals surface area contributed by atoms with Crippen LogP contribution in [0.4, 0.5) is 19.0 Å². The van der Waals surface area contributed by atoms with Crippen molar-refractivity contribution in [3.05, 3.63) is 65.0 Å². The summed E-state index contributed by atoms with van der Waals surface area (Å²) in [5.74, 6) is 0.921. The highest BCUT2D eigenvalue weighted by atomic mass is 19.4. The van der Waals surface area contributed by atoms with E-state index in [9.17, 15) is 18.0 Å². The fourth-order valence-electron chi connectivity index (χ4n) is 2.92. The third kappa shape index (κ3) is 4.97. The van der Waals surface area contributed by atoms with Gasteiger partial charge in [-0.3, -0.25) is 4.79 Å². The molecule has 0 atom stereocenters. The zero-order chi connectivity index (χ0) is 21.9. The molecule has 1 amide bonds. The van der Waals surface area contributed by atoms with Gasteiger partial charge in [-0.1, -0.05) is 18.2 Å². The van der Waals surface area contributed by atoms with Crippen molar-refractivity contribution >= 4 is 11.7 Å². The normalized spacial score (nSPS) is 11.4. The van der Waals surface area contributed by atoms with Crippen LogP contribution in [-0.2, 0) is 11.0 Å².